The van der Waals surface area contributed by atoms with E-state index in [4.69, 9.17) is 20.5 Å². The highest BCUT2D eigenvalue weighted by Gasteiger charge is 2.15. The standard InChI is InChI=1S/C14H15N3O2/c1-8-4-12(18-2)13(19-3)5-9(8)11-7-17-14(16)10(11)6-15/h4-5,7,17H,16H2,1-3H3. The molecule has 98 valence electrons. The van der Waals surface area contributed by atoms with Crippen molar-refractivity contribution in [1.29, 1.82) is 5.26 Å². The smallest absolute Gasteiger partial charge is 0.161 e. The lowest BCUT2D eigenvalue weighted by Crippen LogP contribution is -1.94. The molecule has 1 aromatic heterocycles. The van der Waals surface area contributed by atoms with Gasteiger partial charge < -0.3 is 20.2 Å². The summed E-state index contributed by atoms with van der Waals surface area (Å²) >= 11 is 0. The molecular formula is C14H15N3O2. The third-order valence-corrected chi connectivity index (χ3v) is 3.04. The quantitative estimate of drug-likeness (QED) is 0.884. The summed E-state index contributed by atoms with van der Waals surface area (Å²) in [6.45, 7) is 1.95. The van der Waals surface area contributed by atoms with E-state index in [0.717, 1.165) is 16.7 Å². The zero-order chi connectivity index (χ0) is 14.0. The van der Waals surface area contributed by atoms with Crippen molar-refractivity contribution >= 4 is 5.82 Å². The van der Waals surface area contributed by atoms with Crippen LogP contribution < -0.4 is 15.2 Å². The first-order valence-electron chi connectivity index (χ1n) is 5.72. The minimum atomic E-state index is 0.367. The first-order valence-corrected chi connectivity index (χ1v) is 5.72. The lowest BCUT2D eigenvalue weighted by Gasteiger charge is -2.12. The number of methoxy groups -OCH3 is 2. The van der Waals surface area contributed by atoms with Crippen LogP contribution in [0.4, 0.5) is 5.82 Å². The number of nitrogen functional groups attached to an aromatic ring is 1. The van der Waals surface area contributed by atoms with Crippen LogP contribution in [0.1, 0.15) is 11.1 Å². The van der Waals surface area contributed by atoms with Gasteiger partial charge in [-0.25, -0.2) is 0 Å². The van der Waals surface area contributed by atoms with Crippen LogP contribution in [0.2, 0.25) is 0 Å². The Morgan fingerprint density at radius 2 is 1.79 bits per heavy atom. The fourth-order valence-electron chi connectivity index (χ4n) is 2.04. The molecule has 0 spiro atoms. The van der Waals surface area contributed by atoms with Gasteiger partial charge in [0.25, 0.3) is 0 Å². The average molecular weight is 257 g/mol. The van der Waals surface area contributed by atoms with E-state index in [1.165, 1.54) is 0 Å². The highest BCUT2D eigenvalue weighted by Crippen LogP contribution is 2.37. The van der Waals surface area contributed by atoms with Crippen molar-refractivity contribution in [1.82, 2.24) is 4.98 Å². The van der Waals surface area contributed by atoms with Crippen molar-refractivity contribution in [3.8, 4) is 28.7 Å². The molecule has 1 aromatic carbocycles. The van der Waals surface area contributed by atoms with E-state index in [9.17, 15) is 0 Å². The molecule has 0 aliphatic heterocycles. The Hall–Kier alpha value is -2.61. The van der Waals surface area contributed by atoms with Gasteiger partial charge in [-0.15, -0.1) is 0 Å². The predicted octanol–water partition coefficient (Wildman–Crippen LogP) is 2.46. The van der Waals surface area contributed by atoms with Gasteiger partial charge in [-0.3, -0.25) is 0 Å². The Labute approximate surface area is 111 Å². The second-order valence-corrected chi connectivity index (χ2v) is 4.12. The van der Waals surface area contributed by atoms with Crippen LogP contribution in [-0.2, 0) is 0 Å². The first kappa shape index (κ1) is 12.8. The highest BCUT2D eigenvalue weighted by atomic mass is 16.5. The zero-order valence-corrected chi connectivity index (χ0v) is 11.1. The molecule has 0 bridgehead atoms. The maximum atomic E-state index is 9.16. The summed E-state index contributed by atoms with van der Waals surface area (Å²) in [7, 11) is 3.17. The van der Waals surface area contributed by atoms with E-state index in [1.807, 2.05) is 19.1 Å². The fraction of sp³-hybridized carbons (Fsp3) is 0.214. The van der Waals surface area contributed by atoms with E-state index in [1.54, 1.807) is 20.4 Å². The number of H-pyrrole nitrogens is 1. The van der Waals surface area contributed by atoms with Crippen LogP contribution in [-0.4, -0.2) is 19.2 Å². The molecule has 0 atom stereocenters. The molecule has 0 saturated carbocycles. The predicted molar refractivity (Wildman–Crippen MR) is 73.2 cm³/mol. The van der Waals surface area contributed by atoms with E-state index in [2.05, 4.69) is 11.1 Å². The summed E-state index contributed by atoms with van der Waals surface area (Å²) in [6.07, 6.45) is 1.72. The number of ether oxygens (including phenoxy) is 2. The van der Waals surface area contributed by atoms with Gasteiger partial charge in [0.15, 0.2) is 11.5 Å². The van der Waals surface area contributed by atoms with Crippen molar-refractivity contribution in [2.45, 2.75) is 6.92 Å². The van der Waals surface area contributed by atoms with Crippen LogP contribution in [0.25, 0.3) is 11.1 Å². The molecule has 0 aliphatic carbocycles. The number of anilines is 1. The molecule has 2 aromatic rings. The van der Waals surface area contributed by atoms with Crippen LogP contribution >= 0.6 is 0 Å². The second-order valence-electron chi connectivity index (χ2n) is 4.12. The van der Waals surface area contributed by atoms with Crippen molar-refractivity contribution in [2.75, 3.05) is 20.0 Å². The molecule has 5 nitrogen and oxygen atoms in total. The molecule has 0 aliphatic rings. The molecular weight excluding hydrogens is 242 g/mol. The van der Waals surface area contributed by atoms with Crippen LogP contribution in [0.15, 0.2) is 18.3 Å². The van der Waals surface area contributed by atoms with Crippen molar-refractivity contribution in [3.63, 3.8) is 0 Å². The van der Waals surface area contributed by atoms with E-state index < -0.39 is 0 Å². The van der Waals surface area contributed by atoms with Crippen molar-refractivity contribution in [2.24, 2.45) is 0 Å². The summed E-state index contributed by atoms with van der Waals surface area (Å²) in [5.41, 5.74) is 8.81. The van der Waals surface area contributed by atoms with Crippen LogP contribution in [0, 0.1) is 18.3 Å². The summed E-state index contributed by atoms with van der Waals surface area (Å²) in [5.74, 6) is 1.64. The zero-order valence-electron chi connectivity index (χ0n) is 11.1. The van der Waals surface area contributed by atoms with Gasteiger partial charge in [0, 0.05) is 11.8 Å². The van der Waals surface area contributed by atoms with Crippen LogP contribution in [0.5, 0.6) is 11.5 Å². The number of nitriles is 1. The van der Waals surface area contributed by atoms with E-state index >= 15 is 0 Å². The van der Waals surface area contributed by atoms with Gasteiger partial charge in [0.2, 0.25) is 0 Å². The number of hydrogen-bond acceptors (Lipinski definition) is 4. The molecule has 19 heavy (non-hydrogen) atoms. The minimum Gasteiger partial charge on any atom is -0.493 e. The Morgan fingerprint density at radius 3 is 2.37 bits per heavy atom. The number of rotatable bonds is 3. The molecule has 5 heteroatoms. The topological polar surface area (TPSA) is 84.1 Å². The molecule has 3 N–H and O–H groups in total. The second kappa shape index (κ2) is 4.94. The summed E-state index contributed by atoms with van der Waals surface area (Å²) in [6, 6.07) is 5.83. The Kier molecular flexibility index (Phi) is 3.34. The Morgan fingerprint density at radius 1 is 1.16 bits per heavy atom. The Bertz CT molecular complexity index is 653. The van der Waals surface area contributed by atoms with Gasteiger partial charge in [-0.05, 0) is 30.2 Å². The number of aryl methyl sites for hydroxylation is 1. The Balaban J connectivity index is 2.66. The maximum Gasteiger partial charge on any atom is 0.161 e. The van der Waals surface area contributed by atoms with Gasteiger partial charge in [-0.2, -0.15) is 5.26 Å². The number of aromatic amines is 1. The van der Waals surface area contributed by atoms with Gasteiger partial charge >= 0.3 is 0 Å². The summed E-state index contributed by atoms with van der Waals surface area (Å²) < 4.78 is 10.5. The lowest BCUT2D eigenvalue weighted by atomic mass is 9.99. The SMILES string of the molecule is COc1cc(C)c(-c2c[nH]c(N)c2C#N)cc1OC. The number of nitrogens with zero attached hydrogens (tertiary/aromatic N) is 1. The number of benzene rings is 1. The number of nitrogens with one attached hydrogen (secondary N) is 1. The molecule has 0 amide bonds. The normalized spacial score (nSPS) is 10.0. The van der Waals surface area contributed by atoms with Gasteiger partial charge in [0.05, 0.1) is 14.2 Å². The third-order valence-electron chi connectivity index (χ3n) is 3.04. The van der Waals surface area contributed by atoms with Crippen molar-refractivity contribution < 1.29 is 9.47 Å². The molecule has 0 saturated heterocycles. The largest absolute Gasteiger partial charge is 0.493 e. The molecule has 2 rings (SSSR count). The average Bonchev–Trinajstić information content (AvgIpc) is 2.79. The first-order chi connectivity index (χ1) is 9.12. The van der Waals surface area contributed by atoms with Gasteiger partial charge in [0.1, 0.15) is 17.5 Å². The number of nitrogens with two attached hydrogens (primary N) is 1. The summed E-state index contributed by atoms with van der Waals surface area (Å²) in [4.78, 5) is 2.86. The van der Waals surface area contributed by atoms with E-state index in [-0.39, 0.29) is 0 Å². The summed E-state index contributed by atoms with van der Waals surface area (Å²) in [5, 5.41) is 9.16. The van der Waals surface area contributed by atoms with Gasteiger partial charge in [-0.1, -0.05) is 0 Å². The fourth-order valence-corrected chi connectivity index (χ4v) is 2.04. The number of aromatic nitrogens is 1. The van der Waals surface area contributed by atoms with Crippen molar-refractivity contribution in [3.05, 3.63) is 29.5 Å². The van der Waals surface area contributed by atoms with E-state index in [0.29, 0.717) is 22.9 Å². The highest BCUT2D eigenvalue weighted by molar-refractivity contribution is 5.79. The maximum absolute atomic E-state index is 9.16. The number of hydrogen-bond donors (Lipinski definition) is 2. The molecule has 0 radical (unpaired) electrons. The molecule has 0 unspecified atom stereocenters. The molecule has 0 fully saturated rings. The van der Waals surface area contributed by atoms with Crippen LogP contribution in [0.3, 0.4) is 0 Å². The monoisotopic (exact) mass is 257 g/mol. The third kappa shape index (κ3) is 2.08. The lowest BCUT2D eigenvalue weighted by molar-refractivity contribution is 0.355. The minimum absolute atomic E-state index is 0.367. The molecule has 1 heterocycles.